The normalized spacial score (nSPS) is 11.9. The van der Waals surface area contributed by atoms with Crippen LogP contribution in [-0.2, 0) is 6.42 Å². The molecule has 0 radical (unpaired) electrons. The van der Waals surface area contributed by atoms with Crippen molar-refractivity contribution in [3.05, 3.63) is 114 Å². The van der Waals surface area contributed by atoms with Gasteiger partial charge in [-0.3, -0.25) is 0 Å². The van der Waals surface area contributed by atoms with Crippen LogP contribution in [0.2, 0.25) is 0 Å². The Morgan fingerprint density at radius 2 is 1.55 bits per heavy atom. The molecule has 0 unspecified atom stereocenters. The van der Waals surface area contributed by atoms with Gasteiger partial charge in [0.05, 0.1) is 5.69 Å². The number of amides is 1. The van der Waals surface area contributed by atoms with Crippen LogP contribution in [0.25, 0.3) is 11.3 Å². The van der Waals surface area contributed by atoms with Crippen molar-refractivity contribution >= 4 is 11.7 Å². The fourth-order valence-corrected chi connectivity index (χ4v) is 4.36. The molecule has 1 aliphatic rings. The minimum atomic E-state index is -2.90. The van der Waals surface area contributed by atoms with Crippen molar-refractivity contribution in [2.45, 2.75) is 13.0 Å². The van der Waals surface area contributed by atoms with Crippen LogP contribution >= 0.6 is 0 Å². The molecule has 0 spiro atoms. The molecule has 1 aliphatic heterocycles. The van der Waals surface area contributed by atoms with E-state index in [1.807, 2.05) is 6.07 Å². The number of hydrogen-bond donors (Lipinski definition) is 1. The number of carbonyl (C=O) groups excluding carboxylic acids is 1. The van der Waals surface area contributed by atoms with Gasteiger partial charge < -0.3 is 24.3 Å². The first kappa shape index (κ1) is 26.8. The Morgan fingerprint density at radius 1 is 0.881 bits per heavy atom. The number of nitrogens with zero attached hydrogens (tertiary/aromatic N) is 2. The summed E-state index contributed by atoms with van der Waals surface area (Å²) in [5.74, 6) is 1.80. The summed E-state index contributed by atoms with van der Waals surface area (Å²) in [6.07, 6.45) is 2.05. The molecular formula is C31H22F3N3O5. The van der Waals surface area contributed by atoms with E-state index in [1.165, 1.54) is 41.1 Å². The smallest absolute Gasteiger partial charge is 0.387 e. The van der Waals surface area contributed by atoms with Crippen molar-refractivity contribution in [2.75, 3.05) is 12.1 Å². The number of hydrogen-bond acceptors (Lipinski definition) is 6. The zero-order valence-electron chi connectivity index (χ0n) is 21.8. The first-order valence-electron chi connectivity index (χ1n) is 12.8. The first-order chi connectivity index (χ1) is 20.4. The molecular weight excluding hydrogens is 551 g/mol. The number of fused-ring (bicyclic) bond motifs is 1. The van der Waals surface area contributed by atoms with Gasteiger partial charge in [0.2, 0.25) is 6.79 Å². The van der Waals surface area contributed by atoms with E-state index in [0.29, 0.717) is 40.8 Å². The molecule has 1 amide bonds. The summed E-state index contributed by atoms with van der Waals surface area (Å²) in [5.41, 5.74) is 3.41. The summed E-state index contributed by atoms with van der Waals surface area (Å²) in [5, 5.41) is 7.37. The molecule has 11 heteroatoms. The van der Waals surface area contributed by atoms with Gasteiger partial charge in [-0.05, 0) is 84.4 Å². The van der Waals surface area contributed by atoms with Gasteiger partial charge in [-0.25, -0.2) is 9.18 Å². The molecule has 42 heavy (non-hydrogen) atoms. The molecule has 0 saturated heterocycles. The van der Waals surface area contributed by atoms with Crippen LogP contribution < -0.4 is 24.3 Å². The highest BCUT2D eigenvalue weighted by Crippen LogP contribution is 2.37. The van der Waals surface area contributed by atoms with E-state index in [-0.39, 0.29) is 18.4 Å². The SMILES string of the molecule is O=C(Nc1ccc(Oc2ccc(OC(F)F)cc2)cc1)n1cc(Cc2ccc(F)cc2)c(-c2ccc3c(c2)OCO3)n1. The average Bonchev–Trinajstić information content (AvgIpc) is 3.63. The van der Waals surface area contributed by atoms with E-state index < -0.39 is 12.6 Å². The second kappa shape index (κ2) is 11.6. The number of alkyl halides is 2. The highest BCUT2D eigenvalue weighted by atomic mass is 19.3. The lowest BCUT2D eigenvalue weighted by Crippen LogP contribution is -2.19. The summed E-state index contributed by atoms with van der Waals surface area (Å²) in [7, 11) is 0. The maximum Gasteiger partial charge on any atom is 0.387 e. The van der Waals surface area contributed by atoms with E-state index in [4.69, 9.17) is 14.2 Å². The molecule has 212 valence electrons. The van der Waals surface area contributed by atoms with Crippen molar-refractivity contribution in [1.82, 2.24) is 9.78 Å². The Balaban J connectivity index is 1.19. The summed E-state index contributed by atoms with van der Waals surface area (Å²) in [6.45, 7) is -2.78. The monoisotopic (exact) mass is 573 g/mol. The van der Waals surface area contributed by atoms with Crippen molar-refractivity contribution < 1.29 is 36.9 Å². The van der Waals surface area contributed by atoms with Crippen LogP contribution in [0.1, 0.15) is 11.1 Å². The van der Waals surface area contributed by atoms with Crippen LogP contribution in [0.15, 0.2) is 97.2 Å². The van der Waals surface area contributed by atoms with E-state index in [0.717, 1.165) is 16.7 Å². The first-order valence-corrected chi connectivity index (χ1v) is 12.8. The van der Waals surface area contributed by atoms with Gasteiger partial charge in [-0.2, -0.15) is 18.6 Å². The lowest BCUT2D eigenvalue weighted by molar-refractivity contribution is -0.0498. The van der Waals surface area contributed by atoms with Gasteiger partial charge in [-0.15, -0.1) is 0 Å². The van der Waals surface area contributed by atoms with E-state index in [2.05, 4.69) is 15.2 Å². The predicted octanol–water partition coefficient (Wildman–Crippen LogP) is 7.48. The van der Waals surface area contributed by atoms with Crippen molar-refractivity contribution in [3.63, 3.8) is 0 Å². The second-order valence-electron chi connectivity index (χ2n) is 9.23. The number of benzene rings is 4. The van der Waals surface area contributed by atoms with E-state index >= 15 is 0 Å². The van der Waals surface area contributed by atoms with Crippen LogP contribution in [0.3, 0.4) is 0 Å². The molecule has 0 bridgehead atoms. The van der Waals surface area contributed by atoms with Gasteiger partial charge in [-0.1, -0.05) is 12.1 Å². The van der Waals surface area contributed by atoms with Gasteiger partial charge >= 0.3 is 12.6 Å². The Hall–Kier alpha value is -5.45. The summed E-state index contributed by atoms with van der Waals surface area (Å²) in [6, 6.07) is 23.5. The Morgan fingerprint density at radius 3 is 2.26 bits per heavy atom. The molecule has 1 aromatic heterocycles. The van der Waals surface area contributed by atoms with Crippen molar-refractivity contribution in [3.8, 4) is 40.0 Å². The lowest BCUT2D eigenvalue weighted by Gasteiger charge is -2.09. The topological polar surface area (TPSA) is 83.8 Å². The third-order valence-corrected chi connectivity index (χ3v) is 6.34. The zero-order valence-corrected chi connectivity index (χ0v) is 21.8. The van der Waals surface area contributed by atoms with Crippen LogP contribution in [0, 0.1) is 5.82 Å². The van der Waals surface area contributed by atoms with Crippen LogP contribution in [-0.4, -0.2) is 29.2 Å². The third kappa shape index (κ3) is 6.15. The fraction of sp³-hybridized carbons (Fsp3) is 0.0968. The summed E-state index contributed by atoms with van der Waals surface area (Å²) >= 11 is 0. The molecule has 0 saturated carbocycles. The summed E-state index contributed by atoms with van der Waals surface area (Å²) < 4.78 is 60.3. The van der Waals surface area contributed by atoms with Gasteiger partial charge in [0.25, 0.3) is 0 Å². The van der Waals surface area contributed by atoms with E-state index in [9.17, 15) is 18.0 Å². The Kier molecular flexibility index (Phi) is 7.37. The molecule has 0 atom stereocenters. The molecule has 1 N–H and O–H groups in total. The number of carbonyl (C=O) groups is 1. The van der Waals surface area contributed by atoms with Crippen LogP contribution in [0.5, 0.6) is 28.7 Å². The molecule has 2 heterocycles. The van der Waals surface area contributed by atoms with Crippen molar-refractivity contribution in [2.24, 2.45) is 0 Å². The maximum absolute atomic E-state index is 13.5. The average molecular weight is 574 g/mol. The fourth-order valence-electron chi connectivity index (χ4n) is 4.36. The number of aromatic nitrogens is 2. The Labute approximate surface area is 237 Å². The van der Waals surface area contributed by atoms with E-state index in [1.54, 1.807) is 54.7 Å². The standard InChI is InChI=1S/C31H22F3N3O5/c32-22-4-1-19(2-5-22)15-21-17-37(36-29(21)20-3-14-27-28(16-20)40-18-39-27)31(38)35-23-6-8-24(9-7-23)41-25-10-12-26(13-11-25)42-30(33)34/h1-14,16-17,30H,15,18H2,(H,35,38). The second-order valence-corrected chi connectivity index (χ2v) is 9.23. The number of rotatable bonds is 8. The number of nitrogens with one attached hydrogen (secondary N) is 1. The third-order valence-electron chi connectivity index (χ3n) is 6.34. The van der Waals surface area contributed by atoms with Crippen LogP contribution in [0.4, 0.5) is 23.7 Å². The molecule has 6 rings (SSSR count). The summed E-state index contributed by atoms with van der Waals surface area (Å²) in [4.78, 5) is 13.2. The predicted molar refractivity (Wildman–Crippen MR) is 147 cm³/mol. The minimum Gasteiger partial charge on any atom is -0.457 e. The Bertz CT molecular complexity index is 1710. The quantitative estimate of drug-likeness (QED) is 0.207. The molecule has 0 aliphatic carbocycles. The highest BCUT2D eigenvalue weighted by molar-refractivity contribution is 5.91. The molecule has 4 aromatic carbocycles. The number of anilines is 1. The lowest BCUT2D eigenvalue weighted by atomic mass is 10.0. The molecule has 8 nitrogen and oxygen atoms in total. The molecule has 5 aromatic rings. The minimum absolute atomic E-state index is 0.0246. The maximum atomic E-state index is 13.5. The van der Waals surface area contributed by atoms with Gasteiger partial charge in [0.1, 0.15) is 23.1 Å². The largest absolute Gasteiger partial charge is 0.457 e. The van der Waals surface area contributed by atoms with Gasteiger partial charge in [0.15, 0.2) is 11.5 Å². The molecule has 0 fully saturated rings. The number of halogens is 3. The highest BCUT2D eigenvalue weighted by Gasteiger charge is 2.20. The van der Waals surface area contributed by atoms with Crippen molar-refractivity contribution in [1.29, 1.82) is 0 Å². The van der Waals surface area contributed by atoms with Gasteiger partial charge in [0, 0.05) is 29.4 Å². The zero-order chi connectivity index (χ0) is 29.1. The number of ether oxygens (including phenoxy) is 4.